The Morgan fingerprint density at radius 3 is 2.10 bits per heavy atom. The molecule has 0 saturated heterocycles. The molecule has 148 valence electrons. The molecule has 0 spiro atoms. The van der Waals surface area contributed by atoms with Crippen molar-refractivity contribution in [3.8, 4) is 12.1 Å². The third-order valence-electron chi connectivity index (χ3n) is 5.05. The molecule has 2 heterocycles. The van der Waals surface area contributed by atoms with Crippen LogP contribution in [0.2, 0.25) is 0 Å². The van der Waals surface area contributed by atoms with E-state index in [0.717, 1.165) is 14.2 Å². The molecule has 29 heavy (non-hydrogen) atoms. The average molecular weight is 396 g/mol. The highest BCUT2D eigenvalue weighted by Gasteiger charge is 2.63. The highest BCUT2D eigenvalue weighted by molar-refractivity contribution is 5.94. The number of ether oxygens (including phenoxy) is 2. The summed E-state index contributed by atoms with van der Waals surface area (Å²) < 4.78 is 20.3. The Hall–Kier alpha value is -3.98. The summed E-state index contributed by atoms with van der Waals surface area (Å²) in [6.07, 6.45) is 2.61. The van der Waals surface area contributed by atoms with Gasteiger partial charge >= 0.3 is 11.9 Å². The van der Waals surface area contributed by atoms with Gasteiger partial charge in [-0.1, -0.05) is 0 Å². The molecule has 0 aromatic carbocycles. The van der Waals surface area contributed by atoms with Crippen molar-refractivity contribution in [3.63, 3.8) is 0 Å². The Labute approximate surface area is 165 Å². The van der Waals surface area contributed by atoms with Crippen LogP contribution in [0, 0.1) is 34.0 Å². The van der Waals surface area contributed by atoms with Gasteiger partial charge in [0, 0.05) is 0 Å². The van der Waals surface area contributed by atoms with Crippen LogP contribution < -0.4 is 0 Å². The fourth-order valence-corrected chi connectivity index (χ4v) is 3.82. The topological polar surface area (TPSA) is 147 Å². The summed E-state index contributed by atoms with van der Waals surface area (Å²) in [5.74, 6) is -6.66. The number of esters is 2. The van der Waals surface area contributed by atoms with E-state index in [2.05, 4.69) is 0 Å². The van der Waals surface area contributed by atoms with Crippen LogP contribution in [0.25, 0.3) is 0 Å². The van der Waals surface area contributed by atoms with Crippen molar-refractivity contribution in [1.29, 1.82) is 10.5 Å². The van der Waals surface area contributed by atoms with Crippen molar-refractivity contribution in [2.75, 3.05) is 14.2 Å². The number of rotatable bonds is 4. The first-order valence-electron chi connectivity index (χ1n) is 8.45. The Morgan fingerprint density at radius 1 is 1.07 bits per heavy atom. The van der Waals surface area contributed by atoms with Crippen LogP contribution in [0.5, 0.6) is 0 Å². The second-order valence-electron chi connectivity index (χ2n) is 6.33. The van der Waals surface area contributed by atoms with Gasteiger partial charge in [0.1, 0.15) is 23.2 Å². The summed E-state index contributed by atoms with van der Waals surface area (Å²) in [4.78, 5) is 25.2. The third-order valence-corrected chi connectivity index (χ3v) is 5.05. The van der Waals surface area contributed by atoms with Gasteiger partial charge in [0.25, 0.3) is 0 Å². The number of carbonyl (C=O) groups excluding carboxylic acids is 2. The number of aliphatic hydroxyl groups excluding tert-OH is 1. The average Bonchev–Trinajstić information content (AvgIpc) is 3.45. The maximum atomic E-state index is 12.6. The van der Waals surface area contributed by atoms with Crippen molar-refractivity contribution in [2.45, 2.75) is 11.8 Å². The fourth-order valence-electron chi connectivity index (χ4n) is 3.82. The van der Waals surface area contributed by atoms with E-state index in [1.165, 1.54) is 36.8 Å². The normalized spacial score (nSPS) is 23.0. The first-order chi connectivity index (χ1) is 14.0. The molecule has 0 unspecified atom stereocenters. The van der Waals surface area contributed by atoms with E-state index in [0.29, 0.717) is 0 Å². The summed E-state index contributed by atoms with van der Waals surface area (Å²) in [5.41, 5.74) is -2.49. The van der Waals surface area contributed by atoms with Crippen LogP contribution in [-0.2, 0) is 19.1 Å². The van der Waals surface area contributed by atoms with Gasteiger partial charge in [0.2, 0.25) is 0 Å². The Morgan fingerprint density at radius 2 is 1.66 bits per heavy atom. The minimum Gasteiger partial charge on any atom is -0.511 e. The molecule has 3 rings (SSSR count). The largest absolute Gasteiger partial charge is 0.511 e. The Bertz CT molecular complexity index is 1010. The molecule has 0 aliphatic heterocycles. The molecule has 0 amide bonds. The van der Waals surface area contributed by atoms with Gasteiger partial charge in [-0.25, -0.2) is 4.79 Å². The summed E-state index contributed by atoms with van der Waals surface area (Å²) >= 11 is 0. The first kappa shape index (κ1) is 19.8. The van der Waals surface area contributed by atoms with Crippen LogP contribution in [0.1, 0.15) is 23.4 Å². The molecule has 1 N–H and O–H groups in total. The fraction of sp³-hybridized carbons (Fsp3) is 0.300. The van der Waals surface area contributed by atoms with Gasteiger partial charge in [-0.3, -0.25) is 4.79 Å². The van der Waals surface area contributed by atoms with E-state index in [1.54, 1.807) is 0 Å². The van der Waals surface area contributed by atoms with E-state index in [4.69, 9.17) is 18.3 Å². The lowest BCUT2D eigenvalue weighted by molar-refractivity contribution is -0.147. The molecule has 0 radical (unpaired) electrons. The summed E-state index contributed by atoms with van der Waals surface area (Å²) in [6, 6.07) is 9.84. The van der Waals surface area contributed by atoms with Gasteiger partial charge in [0.15, 0.2) is 5.41 Å². The number of carbonyl (C=O) groups is 2. The van der Waals surface area contributed by atoms with E-state index in [-0.39, 0.29) is 11.5 Å². The molecule has 1 aliphatic rings. The summed E-state index contributed by atoms with van der Waals surface area (Å²) in [6.45, 7) is 0. The van der Waals surface area contributed by atoms with Crippen LogP contribution in [-0.4, -0.2) is 31.3 Å². The molecule has 0 bridgehead atoms. The van der Waals surface area contributed by atoms with Crippen molar-refractivity contribution >= 4 is 11.9 Å². The molecule has 2 aromatic heterocycles. The molecule has 9 nitrogen and oxygen atoms in total. The lowest BCUT2D eigenvalue weighted by Crippen LogP contribution is -2.47. The van der Waals surface area contributed by atoms with Gasteiger partial charge in [-0.15, -0.1) is 0 Å². The van der Waals surface area contributed by atoms with Gasteiger partial charge in [0.05, 0.1) is 56.3 Å². The Kier molecular flexibility index (Phi) is 5.16. The van der Waals surface area contributed by atoms with Crippen LogP contribution in [0.4, 0.5) is 0 Å². The number of hydrogen-bond acceptors (Lipinski definition) is 9. The number of furan rings is 2. The van der Waals surface area contributed by atoms with E-state index >= 15 is 0 Å². The van der Waals surface area contributed by atoms with Crippen molar-refractivity contribution in [3.05, 3.63) is 59.6 Å². The Balaban J connectivity index is 2.44. The van der Waals surface area contributed by atoms with E-state index < -0.39 is 46.4 Å². The smallest absolute Gasteiger partial charge is 0.338 e. The molecule has 0 fully saturated rings. The second kappa shape index (κ2) is 7.56. The highest BCUT2D eigenvalue weighted by Crippen LogP contribution is 2.59. The van der Waals surface area contributed by atoms with Gasteiger partial charge in [-0.2, -0.15) is 10.5 Å². The zero-order chi connectivity index (χ0) is 21.2. The molecule has 1 aliphatic carbocycles. The maximum absolute atomic E-state index is 12.6. The SMILES string of the molecule is COC(=O)C1=C(O)[C@@H](C(=O)OC)[C@@H](c2ccco2)C(C#N)(C#N)[C@@H]1c1ccco1. The molecular weight excluding hydrogens is 380 g/mol. The van der Waals surface area contributed by atoms with Gasteiger partial charge in [-0.05, 0) is 24.3 Å². The molecule has 3 atom stereocenters. The number of nitriles is 2. The van der Waals surface area contributed by atoms with Crippen LogP contribution in [0.15, 0.2) is 57.0 Å². The van der Waals surface area contributed by atoms with Crippen molar-refractivity contribution < 1.29 is 33.0 Å². The lowest BCUT2D eigenvalue weighted by Gasteiger charge is -2.41. The zero-order valence-electron chi connectivity index (χ0n) is 15.5. The molecular formula is C20H16N2O7. The second-order valence-corrected chi connectivity index (χ2v) is 6.33. The standard InChI is InChI=1S/C20H16N2O7/c1-26-18(24)13-15(11-5-3-7-28-11)20(9-21,10-22)16(12-6-4-8-29-12)14(17(13)23)19(25)27-2/h3-8,13,15-16,23H,1-2H3/t13-,15+,16+/m0/s1. The van der Waals surface area contributed by atoms with Crippen molar-refractivity contribution in [2.24, 2.45) is 11.3 Å². The van der Waals surface area contributed by atoms with Crippen molar-refractivity contribution in [1.82, 2.24) is 0 Å². The minimum atomic E-state index is -2.07. The first-order valence-corrected chi connectivity index (χ1v) is 8.45. The predicted octanol–water partition coefficient (Wildman–Crippen LogP) is 2.56. The predicted molar refractivity (Wildman–Crippen MR) is 93.7 cm³/mol. The number of hydrogen-bond donors (Lipinski definition) is 1. The van der Waals surface area contributed by atoms with Gasteiger partial charge < -0.3 is 23.4 Å². The van der Waals surface area contributed by atoms with E-state index in [1.807, 2.05) is 12.1 Å². The van der Waals surface area contributed by atoms with Crippen LogP contribution >= 0.6 is 0 Å². The lowest BCUT2D eigenvalue weighted by atomic mass is 9.56. The number of aliphatic hydroxyl groups is 1. The molecule has 0 saturated carbocycles. The highest BCUT2D eigenvalue weighted by atomic mass is 16.5. The quantitative estimate of drug-likeness (QED) is 0.770. The third kappa shape index (κ3) is 2.84. The van der Waals surface area contributed by atoms with Crippen LogP contribution in [0.3, 0.4) is 0 Å². The molecule has 9 heteroatoms. The minimum absolute atomic E-state index is 0.0694. The number of methoxy groups -OCH3 is 2. The summed E-state index contributed by atoms with van der Waals surface area (Å²) in [7, 11) is 2.17. The maximum Gasteiger partial charge on any atom is 0.338 e. The zero-order valence-corrected chi connectivity index (χ0v) is 15.5. The molecule has 2 aromatic rings. The number of nitrogens with zero attached hydrogens (tertiary/aromatic N) is 2. The van der Waals surface area contributed by atoms with E-state index in [9.17, 15) is 25.2 Å². The monoisotopic (exact) mass is 396 g/mol. The summed E-state index contributed by atoms with van der Waals surface area (Å²) in [5, 5.41) is 31.3.